The van der Waals surface area contributed by atoms with Crippen molar-refractivity contribution in [1.29, 1.82) is 0 Å². The van der Waals surface area contributed by atoms with Crippen molar-refractivity contribution >= 4 is 35.1 Å². The molecule has 3 heterocycles. The van der Waals surface area contributed by atoms with E-state index in [9.17, 15) is 24.0 Å². The number of imide groups is 2. The molecule has 24 heavy (non-hydrogen) atoms. The molecular formula is C16H13N3O5. The second-order valence-electron chi connectivity index (χ2n) is 6.04. The van der Waals surface area contributed by atoms with Gasteiger partial charge in [-0.2, -0.15) is 0 Å². The van der Waals surface area contributed by atoms with Crippen LogP contribution in [0.5, 0.6) is 0 Å². The maximum Gasteiger partial charge on any atom is 0.264 e. The van der Waals surface area contributed by atoms with Crippen LogP contribution in [0.15, 0.2) is 18.2 Å². The molecule has 0 aromatic heterocycles. The summed E-state index contributed by atoms with van der Waals surface area (Å²) in [6.45, 7) is 0.409. The fourth-order valence-corrected chi connectivity index (χ4v) is 3.31. The number of nitrogens with zero attached hydrogens (tertiary/aromatic N) is 2. The Morgan fingerprint density at radius 1 is 1.00 bits per heavy atom. The molecule has 2 saturated heterocycles. The van der Waals surface area contributed by atoms with Crippen LogP contribution in [0.1, 0.15) is 33.6 Å². The molecule has 4 rings (SSSR count). The summed E-state index contributed by atoms with van der Waals surface area (Å²) in [6, 6.07) is 3.88. The second-order valence-corrected chi connectivity index (χ2v) is 6.04. The fourth-order valence-electron chi connectivity index (χ4n) is 3.31. The summed E-state index contributed by atoms with van der Waals surface area (Å²) in [6.07, 6.45) is 0.199. The van der Waals surface area contributed by atoms with Gasteiger partial charge in [0.15, 0.2) is 5.78 Å². The smallest absolute Gasteiger partial charge is 0.264 e. The van der Waals surface area contributed by atoms with Crippen LogP contribution in [0, 0.1) is 0 Å². The lowest BCUT2D eigenvalue weighted by Crippen LogP contribution is -2.54. The van der Waals surface area contributed by atoms with Gasteiger partial charge in [-0.05, 0) is 18.6 Å². The van der Waals surface area contributed by atoms with Crippen molar-refractivity contribution in [2.24, 2.45) is 0 Å². The number of carbonyl (C=O) groups is 5. The number of benzene rings is 1. The van der Waals surface area contributed by atoms with Gasteiger partial charge in [0.05, 0.1) is 29.9 Å². The Morgan fingerprint density at radius 3 is 2.42 bits per heavy atom. The van der Waals surface area contributed by atoms with E-state index in [1.165, 1.54) is 6.07 Å². The number of piperidine rings is 1. The molecule has 1 unspecified atom stereocenters. The van der Waals surface area contributed by atoms with Crippen molar-refractivity contribution in [2.45, 2.75) is 18.9 Å². The van der Waals surface area contributed by atoms with E-state index < -0.39 is 29.7 Å². The summed E-state index contributed by atoms with van der Waals surface area (Å²) in [4.78, 5) is 62.6. The highest BCUT2D eigenvalue weighted by Gasteiger charge is 2.46. The van der Waals surface area contributed by atoms with E-state index in [0.717, 1.165) is 4.90 Å². The molecule has 2 fully saturated rings. The minimum absolute atomic E-state index is 0.0615. The van der Waals surface area contributed by atoms with Crippen LogP contribution in [-0.2, 0) is 14.4 Å². The summed E-state index contributed by atoms with van der Waals surface area (Å²) in [7, 11) is 0. The van der Waals surface area contributed by atoms with E-state index in [2.05, 4.69) is 5.32 Å². The molecule has 1 aromatic rings. The Morgan fingerprint density at radius 2 is 1.75 bits per heavy atom. The Bertz CT molecular complexity index is 823. The minimum atomic E-state index is -0.985. The zero-order chi connectivity index (χ0) is 17.0. The predicted molar refractivity (Wildman–Crippen MR) is 80.3 cm³/mol. The first-order valence-electron chi connectivity index (χ1n) is 7.58. The molecule has 0 saturated carbocycles. The van der Waals surface area contributed by atoms with Crippen molar-refractivity contribution in [2.75, 3.05) is 18.0 Å². The van der Waals surface area contributed by atoms with Gasteiger partial charge in [-0.15, -0.1) is 0 Å². The number of carbonyl (C=O) groups excluding carboxylic acids is 5. The van der Waals surface area contributed by atoms with Crippen molar-refractivity contribution in [3.05, 3.63) is 29.3 Å². The van der Waals surface area contributed by atoms with Crippen LogP contribution < -0.4 is 10.2 Å². The maximum absolute atomic E-state index is 12.8. The Balaban J connectivity index is 1.71. The number of anilines is 1. The number of hydrogen-bond donors (Lipinski definition) is 1. The van der Waals surface area contributed by atoms with Crippen molar-refractivity contribution in [1.82, 2.24) is 10.2 Å². The standard InChI is InChI=1S/C16H13N3O5/c20-8-6-18(7-8)10-3-1-2-9-13(10)16(24)19(15(9)23)11-4-5-12(21)17-14(11)22/h1-3,11H,4-7H2,(H,17,21,22). The molecule has 1 aromatic carbocycles. The first kappa shape index (κ1) is 14.6. The third kappa shape index (κ3) is 1.96. The average Bonchev–Trinajstić information content (AvgIpc) is 2.77. The molecule has 0 bridgehead atoms. The molecule has 3 aliphatic heterocycles. The van der Waals surface area contributed by atoms with Gasteiger partial charge in [-0.1, -0.05) is 6.07 Å². The largest absolute Gasteiger partial charge is 0.356 e. The third-order valence-electron chi connectivity index (χ3n) is 4.52. The topological polar surface area (TPSA) is 104 Å². The summed E-state index contributed by atoms with van der Waals surface area (Å²) in [5.74, 6) is -2.09. The molecule has 0 radical (unpaired) electrons. The second kappa shape index (κ2) is 4.98. The van der Waals surface area contributed by atoms with E-state index in [4.69, 9.17) is 0 Å². The van der Waals surface area contributed by atoms with Gasteiger partial charge in [0.25, 0.3) is 11.8 Å². The molecule has 1 N–H and O–H groups in total. The summed E-state index contributed by atoms with van der Waals surface area (Å²) in [5, 5.41) is 2.16. The van der Waals surface area contributed by atoms with Crippen molar-refractivity contribution in [3.63, 3.8) is 0 Å². The number of nitrogens with one attached hydrogen (secondary N) is 1. The van der Waals surface area contributed by atoms with Crippen LogP contribution in [0.2, 0.25) is 0 Å². The normalized spacial score (nSPS) is 23.3. The highest BCUT2D eigenvalue weighted by atomic mass is 16.2. The molecule has 0 aliphatic carbocycles. The molecule has 1 atom stereocenters. The lowest BCUT2D eigenvalue weighted by Gasteiger charge is -2.33. The number of ketones is 1. The first-order chi connectivity index (χ1) is 11.5. The Labute approximate surface area is 136 Å². The van der Waals surface area contributed by atoms with E-state index in [-0.39, 0.29) is 42.8 Å². The van der Waals surface area contributed by atoms with E-state index in [1.54, 1.807) is 17.0 Å². The monoisotopic (exact) mass is 327 g/mol. The van der Waals surface area contributed by atoms with Gasteiger partial charge in [-0.3, -0.25) is 34.2 Å². The number of rotatable bonds is 2. The highest BCUT2D eigenvalue weighted by molar-refractivity contribution is 6.26. The van der Waals surface area contributed by atoms with Crippen molar-refractivity contribution in [3.8, 4) is 0 Å². The van der Waals surface area contributed by atoms with E-state index in [0.29, 0.717) is 5.69 Å². The first-order valence-corrected chi connectivity index (χ1v) is 7.58. The molecule has 8 nitrogen and oxygen atoms in total. The average molecular weight is 327 g/mol. The summed E-state index contributed by atoms with van der Waals surface area (Å²) in [5.41, 5.74) is 0.974. The third-order valence-corrected chi connectivity index (χ3v) is 4.52. The number of hydrogen-bond acceptors (Lipinski definition) is 6. The molecule has 3 aliphatic rings. The zero-order valence-electron chi connectivity index (χ0n) is 12.6. The van der Waals surface area contributed by atoms with Crippen LogP contribution in [0.3, 0.4) is 0 Å². The quantitative estimate of drug-likeness (QED) is 0.733. The summed E-state index contributed by atoms with van der Waals surface area (Å²) < 4.78 is 0. The number of fused-ring (bicyclic) bond motifs is 1. The lowest BCUT2D eigenvalue weighted by atomic mass is 10.0. The number of amides is 4. The van der Waals surface area contributed by atoms with Crippen molar-refractivity contribution < 1.29 is 24.0 Å². The van der Waals surface area contributed by atoms with Gasteiger partial charge in [0.2, 0.25) is 11.8 Å². The summed E-state index contributed by atoms with van der Waals surface area (Å²) >= 11 is 0. The Hall–Kier alpha value is -3.03. The van der Waals surface area contributed by atoms with Gasteiger partial charge in [0.1, 0.15) is 6.04 Å². The number of Topliss-reactive ketones (excluding diaryl/α,β-unsaturated/α-hetero) is 1. The highest BCUT2D eigenvalue weighted by Crippen LogP contribution is 2.35. The molecule has 0 spiro atoms. The molecule has 8 heteroatoms. The lowest BCUT2D eigenvalue weighted by molar-refractivity contribution is -0.136. The zero-order valence-corrected chi connectivity index (χ0v) is 12.6. The molecular weight excluding hydrogens is 314 g/mol. The van der Waals surface area contributed by atoms with E-state index in [1.807, 2.05) is 0 Å². The van der Waals surface area contributed by atoms with Gasteiger partial charge in [0, 0.05) is 6.42 Å². The van der Waals surface area contributed by atoms with E-state index >= 15 is 0 Å². The molecule has 122 valence electrons. The van der Waals surface area contributed by atoms with Gasteiger partial charge in [-0.25, -0.2) is 0 Å². The van der Waals surface area contributed by atoms with Gasteiger partial charge < -0.3 is 4.90 Å². The van der Waals surface area contributed by atoms with Crippen LogP contribution in [0.25, 0.3) is 0 Å². The van der Waals surface area contributed by atoms with Crippen LogP contribution in [0.4, 0.5) is 5.69 Å². The Kier molecular flexibility index (Phi) is 3.02. The molecule has 4 amide bonds. The fraction of sp³-hybridized carbons (Fsp3) is 0.312. The minimum Gasteiger partial charge on any atom is -0.356 e. The predicted octanol–water partition coefficient (Wildman–Crippen LogP) is -0.523. The SMILES string of the molecule is O=C1CN(c2cccc3c2C(=O)N(C2CCC(=O)NC2=O)C3=O)C1. The maximum atomic E-state index is 12.8. The van der Waals surface area contributed by atoms with Crippen LogP contribution >= 0.6 is 0 Å². The van der Waals surface area contributed by atoms with Gasteiger partial charge >= 0.3 is 0 Å². The van der Waals surface area contributed by atoms with Crippen LogP contribution in [-0.4, -0.2) is 53.4 Å².